The number of rotatable bonds is 4. The van der Waals surface area contributed by atoms with Crippen molar-refractivity contribution in [3.8, 4) is 11.3 Å². The number of para-hydroxylation sites is 1. The van der Waals surface area contributed by atoms with Crippen molar-refractivity contribution in [1.82, 2.24) is 0 Å². The number of hydrogen-bond donors (Lipinski definition) is 0. The Kier molecular flexibility index (Phi) is 4.57. The van der Waals surface area contributed by atoms with Crippen LogP contribution in [-0.4, -0.2) is 14.6 Å². The van der Waals surface area contributed by atoms with Crippen LogP contribution >= 0.6 is 0 Å². The number of nitrogens with zero attached hydrogens (tertiary/aromatic N) is 1. The summed E-state index contributed by atoms with van der Waals surface area (Å²) in [5, 5.41) is 0.699. The fraction of sp³-hybridized carbons (Fsp3) is 0.0455. The molecule has 4 rings (SSSR count). The van der Waals surface area contributed by atoms with Gasteiger partial charge in [0.25, 0.3) is 10.0 Å². The van der Waals surface area contributed by atoms with Gasteiger partial charge in [-0.05, 0) is 37.3 Å². The van der Waals surface area contributed by atoms with Crippen molar-refractivity contribution in [2.75, 3.05) is 0 Å². The average Bonchev–Trinajstić information content (AvgIpc) is 3.05. The number of halogens is 1. The van der Waals surface area contributed by atoms with Crippen LogP contribution in [-0.2, 0) is 10.0 Å². The van der Waals surface area contributed by atoms with Gasteiger partial charge in [0.15, 0.2) is 0 Å². The van der Waals surface area contributed by atoms with Gasteiger partial charge in [-0.1, -0.05) is 48.0 Å². The van der Waals surface area contributed by atoms with E-state index >= 15 is 0 Å². The van der Waals surface area contributed by atoms with Gasteiger partial charge in [-0.15, -0.1) is 0 Å². The van der Waals surface area contributed by atoms with E-state index in [1.807, 2.05) is 25.1 Å². The van der Waals surface area contributed by atoms with Gasteiger partial charge < -0.3 is 4.42 Å². The quantitative estimate of drug-likeness (QED) is 0.439. The van der Waals surface area contributed by atoms with Gasteiger partial charge in [0.05, 0.1) is 11.1 Å². The lowest BCUT2D eigenvalue weighted by atomic mass is 10.1. The molecule has 4 nitrogen and oxygen atoms in total. The molecule has 0 saturated carbocycles. The highest BCUT2D eigenvalue weighted by molar-refractivity contribution is 7.90. The van der Waals surface area contributed by atoms with E-state index in [0.717, 1.165) is 5.56 Å². The summed E-state index contributed by atoms with van der Waals surface area (Å²) in [6.07, 6.45) is 1.27. The number of furan rings is 1. The summed E-state index contributed by atoms with van der Waals surface area (Å²) < 4.78 is 48.6. The Bertz CT molecular complexity index is 1290. The Balaban J connectivity index is 1.85. The summed E-state index contributed by atoms with van der Waals surface area (Å²) in [4.78, 5) is 0.106. The van der Waals surface area contributed by atoms with Crippen LogP contribution in [0.5, 0.6) is 0 Å². The molecule has 0 unspecified atom stereocenters. The van der Waals surface area contributed by atoms with Crippen LogP contribution in [0.3, 0.4) is 0 Å². The summed E-state index contributed by atoms with van der Waals surface area (Å²) in [7, 11) is -3.88. The first-order valence-corrected chi connectivity index (χ1v) is 10.0. The lowest BCUT2D eigenvalue weighted by Gasteiger charge is -2.01. The topological polar surface area (TPSA) is 59.6 Å². The third-order valence-corrected chi connectivity index (χ3v) is 5.61. The van der Waals surface area contributed by atoms with E-state index in [1.165, 1.54) is 30.5 Å². The summed E-state index contributed by atoms with van der Waals surface area (Å²) in [5.41, 5.74) is 2.51. The molecule has 4 aromatic rings. The van der Waals surface area contributed by atoms with Crippen LogP contribution in [0.15, 0.2) is 86.5 Å². The highest BCUT2D eigenvalue weighted by Gasteiger charge is 2.17. The van der Waals surface area contributed by atoms with E-state index in [2.05, 4.69) is 4.40 Å². The summed E-state index contributed by atoms with van der Waals surface area (Å²) in [6, 6.07) is 19.6. The highest BCUT2D eigenvalue weighted by atomic mass is 32.2. The maximum Gasteiger partial charge on any atom is 0.282 e. The van der Waals surface area contributed by atoms with Gasteiger partial charge in [-0.2, -0.15) is 12.8 Å². The molecule has 1 heterocycles. The lowest BCUT2D eigenvalue weighted by Crippen LogP contribution is -1.98. The van der Waals surface area contributed by atoms with Gasteiger partial charge in [-0.3, -0.25) is 0 Å². The Hall–Kier alpha value is -3.25. The third kappa shape index (κ3) is 3.46. The van der Waals surface area contributed by atoms with Crippen LogP contribution in [0, 0.1) is 12.7 Å². The first-order valence-electron chi connectivity index (χ1n) is 8.58. The fourth-order valence-corrected chi connectivity index (χ4v) is 3.78. The molecule has 1 aromatic heterocycles. The van der Waals surface area contributed by atoms with Gasteiger partial charge >= 0.3 is 0 Å². The van der Waals surface area contributed by atoms with Gasteiger partial charge in [0, 0.05) is 16.5 Å². The standard InChI is InChI=1S/C22H16FNO3S/c1-15-9-11-18(12-10-15)28(25,26)24-14-20-19-7-2-3-8-21(19)27-22(20)16-5-4-6-17(23)13-16/h2-14H,1H3/b24-14+. The number of benzene rings is 3. The average molecular weight is 393 g/mol. The summed E-state index contributed by atoms with van der Waals surface area (Å²) in [6.45, 7) is 1.88. The second-order valence-corrected chi connectivity index (χ2v) is 8.01. The van der Waals surface area contributed by atoms with E-state index in [0.29, 0.717) is 27.9 Å². The largest absolute Gasteiger partial charge is 0.455 e. The molecule has 0 atom stereocenters. The SMILES string of the molecule is Cc1ccc(S(=O)(=O)/N=C/c2c(-c3cccc(F)c3)oc3ccccc23)cc1. The number of fused-ring (bicyclic) bond motifs is 1. The number of hydrogen-bond acceptors (Lipinski definition) is 3. The van der Waals surface area contributed by atoms with E-state index in [-0.39, 0.29) is 4.90 Å². The first kappa shape index (κ1) is 18.1. The molecule has 0 spiro atoms. The number of sulfonamides is 1. The molecule has 0 radical (unpaired) electrons. The van der Waals surface area contributed by atoms with Crippen molar-refractivity contribution in [2.24, 2.45) is 4.40 Å². The molecular weight excluding hydrogens is 377 g/mol. The molecule has 0 bridgehead atoms. The van der Waals surface area contributed by atoms with E-state index in [1.54, 1.807) is 30.3 Å². The van der Waals surface area contributed by atoms with Gasteiger partial charge in [0.1, 0.15) is 17.2 Å². The van der Waals surface area contributed by atoms with Crippen LogP contribution < -0.4 is 0 Å². The van der Waals surface area contributed by atoms with Crippen LogP contribution in [0.25, 0.3) is 22.3 Å². The molecular formula is C22H16FNO3S. The molecule has 3 aromatic carbocycles. The van der Waals surface area contributed by atoms with Crippen molar-refractivity contribution >= 4 is 27.2 Å². The maximum absolute atomic E-state index is 13.7. The normalized spacial score (nSPS) is 12.1. The van der Waals surface area contributed by atoms with Crippen LogP contribution in [0.4, 0.5) is 4.39 Å². The van der Waals surface area contributed by atoms with Crippen molar-refractivity contribution < 1.29 is 17.2 Å². The summed E-state index contributed by atoms with van der Waals surface area (Å²) in [5.74, 6) is -0.0447. The zero-order chi connectivity index (χ0) is 19.7. The second kappa shape index (κ2) is 7.05. The van der Waals surface area contributed by atoms with Gasteiger partial charge in [0.2, 0.25) is 0 Å². The molecule has 0 saturated heterocycles. The molecule has 28 heavy (non-hydrogen) atoms. The first-order chi connectivity index (χ1) is 13.4. The highest BCUT2D eigenvalue weighted by Crippen LogP contribution is 2.33. The molecule has 0 aliphatic carbocycles. The smallest absolute Gasteiger partial charge is 0.282 e. The third-order valence-electron chi connectivity index (χ3n) is 4.36. The molecule has 140 valence electrons. The van der Waals surface area contributed by atoms with E-state index < -0.39 is 15.8 Å². The molecule has 0 aliphatic heterocycles. The summed E-state index contributed by atoms with van der Waals surface area (Å²) >= 11 is 0. The maximum atomic E-state index is 13.7. The Morgan fingerprint density at radius 3 is 2.46 bits per heavy atom. The number of aryl methyl sites for hydroxylation is 1. The van der Waals surface area contributed by atoms with Crippen LogP contribution in [0.1, 0.15) is 11.1 Å². The lowest BCUT2D eigenvalue weighted by molar-refractivity contribution is 0.598. The minimum atomic E-state index is -3.88. The molecule has 6 heteroatoms. The molecule has 0 amide bonds. The minimum absolute atomic E-state index is 0.106. The Morgan fingerprint density at radius 1 is 0.964 bits per heavy atom. The predicted molar refractivity (Wildman–Crippen MR) is 108 cm³/mol. The predicted octanol–water partition coefficient (Wildman–Crippen LogP) is 5.36. The van der Waals surface area contributed by atoms with Crippen molar-refractivity contribution in [2.45, 2.75) is 11.8 Å². The van der Waals surface area contributed by atoms with Crippen molar-refractivity contribution in [3.05, 3.63) is 89.7 Å². The Labute approximate surface area is 162 Å². The van der Waals surface area contributed by atoms with Crippen molar-refractivity contribution in [3.63, 3.8) is 0 Å². The molecule has 0 fully saturated rings. The fourth-order valence-electron chi connectivity index (χ4n) is 2.93. The van der Waals surface area contributed by atoms with E-state index in [9.17, 15) is 12.8 Å². The molecule has 0 N–H and O–H groups in total. The van der Waals surface area contributed by atoms with Crippen LogP contribution in [0.2, 0.25) is 0 Å². The Morgan fingerprint density at radius 2 is 1.71 bits per heavy atom. The minimum Gasteiger partial charge on any atom is -0.455 e. The zero-order valence-electron chi connectivity index (χ0n) is 15.0. The van der Waals surface area contributed by atoms with Crippen molar-refractivity contribution in [1.29, 1.82) is 0 Å². The zero-order valence-corrected chi connectivity index (χ0v) is 15.8. The van der Waals surface area contributed by atoms with E-state index in [4.69, 9.17) is 4.42 Å². The second-order valence-electron chi connectivity index (χ2n) is 6.37. The molecule has 0 aliphatic rings. The van der Waals surface area contributed by atoms with Gasteiger partial charge in [-0.25, -0.2) is 4.39 Å². The monoisotopic (exact) mass is 393 g/mol.